The molecule has 1 aliphatic carbocycles. The van der Waals surface area contributed by atoms with Crippen LogP contribution in [0, 0.1) is 16.7 Å². The molecule has 3 rings (SSSR count). The van der Waals surface area contributed by atoms with Gasteiger partial charge in [0.25, 0.3) is 0 Å². The van der Waals surface area contributed by atoms with Crippen molar-refractivity contribution in [2.24, 2.45) is 5.41 Å². The molecule has 2 N–H and O–H groups in total. The molecule has 1 saturated carbocycles. The van der Waals surface area contributed by atoms with Gasteiger partial charge in [-0.3, -0.25) is 4.79 Å². The number of nitrogens with one attached hydrogen (secondary N) is 2. The summed E-state index contributed by atoms with van der Waals surface area (Å²) in [6.07, 6.45) is 1.93. The number of nitriles is 1. The Morgan fingerprint density at radius 1 is 1.17 bits per heavy atom. The first-order valence-corrected chi connectivity index (χ1v) is 8.25. The van der Waals surface area contributed by atoms with Gasteiger partial charge in [0.15, 0.2) is 0 Å². The van der Waals surface area contributed by atoms with Crippen molar-refractivity contribution >= 4 is 29.2 Å². The van der Waals surface area contributed by atoms with Crippen molar-refractivity contribution in [2.45, 2.75) is 24.7 Å². The van der Waals surface area contributed by atoms with E-state index in [-0.39, 0.29) is 11.3 Å². The number of carbonyl (C=O) groups excluding carboxylic acids is 1. The van der Waals surface area contributed by atoms with E-state index in [4.69, 9.17) is 5.26 Å². The van der Waals surface area contributed by atoms with Gasteiger partial charge in [-0.25, -0.2) is 0 Å². The number of rotatable bonds is 5. The molecule has 1 amide bonds. The highest BCUT2D eigenvalue weighted by atomic mass is 32.2. The molecule has 1 fully saturated rings. The first-order chi connectivity index (χ1) is 11.1. The van der Waals surface area contributed by atoms with Crippen LogP contribution in [0.4, 0.5) is 11.4 Å². The summed E-state index contributed by atoms with van der Waals surface area (Å²) in [5, 5.41) is 11.8. The Morgan fingerprint density at radius 3 is 2.52 bits per heavy atom. The molecular formula is C18H17N3OS. The summed E-state index contributed by atoms with van der Waals surface area (Å²) in [7, 11) is 0. The Bertz CT molecular complexity index is 761. The average molecular weight is 323 g/mol. The Kier molecular flexibility index (Phi) is 4.26. The van der Waals surface area contributed by atoms with Gasteiger partial charge in [0.05, 0.1) is 11.6 Å². The van der Waals surface area contributed by atoms with E-state index in [1.165, 1.54) is 11.9 Å². The molecule has 4 nitrogen and oxygen atoms in total. The largest absolute Gasteiger partial charge is 0.326 e. The van der Waals surface area contributed by atoms with Crippen LogP contribution >= 0.6 is 11.9 Å². The second-order valence-corrected chi connectivity index (χ2v) is 6.82. The summed E-state index contributed by atoms with van der Waals surface area (Å²) >= 11 is 1.47. The van der Waals surface area contributed by atoms with E-state index in [9.17, 15) is 4.79 Å². The molecule has 0 aliphatic heterocycles. The third kappa shape index (κ3) is 3.85. The molecule has 5 heteroatoms. The highest BCUT2D eigenvalue weighted by molar-refractivity contribution is 8.00. The lowest BCUT2D eigenvalue weighted by atomic mass is 10.1. The van der Waals surface area contributed by atoms with Gasteiger partial charge >= 0.3 is 0 Å². The van der Waals surface area contributed by atoms with Crippen molar-refractivity contribution in [3.8, 4) is 6.07 Å². The van der Waals surface area contributed by atoms with E-state index in [1.54, 1.807) is 12.1 Å². The van der Waals surface area contributed by atoms with Gasteiger partial charge in [-0.2, -0.15) is 5.26 Å². The Hall–Kier alpha value is -2.45. The van der Waals surface area contributed by atoms with E-state index >= 15 is 0 Å². The summed E-state index contributed by atoms with van der Waals surface area (Å²) in [6.45, 7) is 1.99. The van der Waals surface area contributed by atoms with Gasteiger partial charge in [-0.05, 0) is 67.3 Å². The number of carbonyl (C=O) groups is 1. The number of amides is 1. The van der Waals surface area contributed by atoms with Gasteiger partial charge < -0.3 is 10.0 Å². The van der Waals surface area contributed by atoms with Crippen molar-refractivity contribution in [3.63, 3.8) is 0 Å². The van der Waals surface area contributed by atoms with Crippen LogP contribution in [0.1, 0.15) is 25.3 Å². The lowest BCUT2D eigenvalue weighted by molar-refractivity contribution is -0.120. The molecule has 0 unspecified atom stereocenters. The average Bonchev–Trinajstić information content (AvgIpc) is 3.33. The van der Waals surface area contributed by atoms with Gasteiger partial charge in [0, 0.05) is 21.7 Å². The van der Waals surface area contributed by atoms with Crippen LogP contribution in [-0.4, -0.2) is 5.91 Å². The summed E-state index contributed by atoms with van der Waals surface area (Å²) in [5.41, 5.74) is 2.18. The predicted octanol–water partition coefficient (Wildman–Crippen LogP) is 4.42. The number of hydrogen-bond donors (Lipinski definition) is 2. The maximum absolute atomic E-state index is 12.1. The molecular weight excluding hydrogens is 306 g/mol. The second kappa shape index (κ2) is 6.35. The highest BCUT2D eigenvalue weighted by Crippen LogP contribution is 2.45. The fraction of sp³-hybridized carbons (Fsp3) is 0.222. The molecule has 0 atom stereocenters. The first-order valence-electron chi connectivity index (χ1n) is 7.44. The second-order valence-electron chi connectivity index (χ2n) is 5.94. The summed E-state index contributed by atoms with van der Waals surface area (Å²) in [6, 6.07) is 17.1. The zero-order valence-electron chi connectivity index (χ0n) is 12.8. The van der Waals surface area contributed by atoms with Crippen LogP contribution in [-0.2, 0) is 4.79 Å². The number of benzene rings is 2. The van der Waals surface area contributed by atoms with Gasteiger partial charge in [-0.1, -0.05) is 13.0 Å². The highest BCUT2D eigenvalue weighted by Gasteiger charge is 2.44. The smallest absolute Gasteiger partial charge is 0.230 e. The van der Waals surface area contributed by atoms with Crippen LogP contribution in [0.15, 0.2) is 53.4 Å². The molecule has 1 aliphatic rings. The van der Waals surface area contributed by atoms with Crippen molar-refractivity contribution in [1.82, 2.24) is 0 Å². The standard InChI is InChI=1S/C18H17N3OS/c1-18(9-10-18)17(22)20-14-3-2-4-15(11-14)21-23-16-7-5-13(12-19)6-8-16/h2-8,11,21H,9-10H2,1H3,(H,20,22). The normalized spacial score (nSPS) is 14.6. The monoisotopic (exact) mass is 323 g/mol. The van der Waals surface area contributed by atoms with E-state index in [0.717, 1.165) is 29.1 Å². The summed E-state index contributed by atoms with van der Waals surface area (Å²) in [5.74, 6) is 0.0920. The molecule has 116 valence electrons. The van der Waals surface area contributed by atoms with Crippen LogP contribution in [0.25, 0.3) is 0 Å². The molecule has 23 heavy (non-hydrogen) atoms. The Balaban J connectivity index is 1.60. The van der Waals surface area contributed by atoms with Crippen LogP contribution in [0.5, 0.6) is 0 Å². The third-order valence-corrected chi connectivity index (χ3v) is 4.78. The third-order valence-electron chi connectivity index (χ3n) is 3.94. The Labute approximate surface area is 140 Å². The molecule has 0 aromatic heterocycles. The quantitative estimate of drug-likeness (QED) is 0.800. The minimum atomic E-state index is -0.180. The van der Waals surface area contributed by atoms with Crippen molar-refractivity contribution in [3.05, 3.63) is 54.1 Å². The molecule has 2 aromatic rings. The number of anilines is 2. The molecule has 0 radical (unpaired) electrons. The molecule has 0 spiro atoms. The van der Waals surface area contributed by atoms with E-state index in [1.807, 2.05) is 43.3 Å². The van der Waals surface area contributed by atoms with Gasteiger partial charge in [-0.15, -0.1) is 0 Å². The van der Waals surface area contributed by atoms with Crippen molar-refractivity contribution < 1.29 is 4.79 Å². The fourth-order valence-corrected chi connectivity index (χ4v) is 2.71. The lowest BCUT2D eigenvalue weighted by Gasteiger charge is -2.11. The van der Waals surface area contributed by atoms with Crippen LogP contribution < -0.4 is 10.0 Å². The molecule has 0 saturated heterocycles. The molecule has 0 heterocycles. The maximum atomic E-state index is 12.1. The predicted molar refractivity (Wildman–Crippen MR) is 93.0 cm³/mol. The minimum Gasteiger partial charge on any atom is -0.326 e. The van der Waals surface area contributed by atoms with Crippen LogP contribution in [0.2, 0.25) is 0 Å². The summed E-state index contributed by atoms with van der Waals surface area (Å²) < 4.78 is 3.25. The fourth-order valence-electron chi connectivity index (χ4n) is 2.07. The SMILES string of the molecule is CC1(C(=O)Nc2cccc(NSc3ccc(C#N)cc3)c2)CC1. The first kappa shape index (κ1) is 15.4. The zero-order valence-corrected chi connectivity index (χ0v) is 13.6. The number of hydrogen-bond acceptors (Lipinski definition) is 4. The van der Waals surface area contributed by atoms with Crippen LogP contribution in [0.3, 0.4) is 0 Å². The van der Waals surface area contributed by atoms with E-state index in [2.05, 4.69) is 16.1 Å². The van der Waals surface area contributed by atoms with Gasteiger partial charge in [0.1, 0.15) is 0 Å². The van der Waals surface area contributed by atoms with Crippen molar-refractivity contribution in [2.75, 3.05) is 10.0 Å². The minimum absolute atomic E-state index is 0.0920. The van der Waals surface area contributed by atoms with E-state index in [0.29, 0.717) is 5.56 Å². The molecule has 0 bridgehead atoms. The maximum Gasteiger partial charge on any atom is 0.230 e. The molecule has 2 aromatic carbocycles. The van der Waals surface area contributed by atoms with Gasteiger partial charge in [0.2, 0.25) is 5.91 Å². The van der Waals surface area contributed by atoms with Crippen molar-refractivity contribution in [1.29, 1.82) is 5.26 Å². The summed E-state index contributed by atoms with van der Waals surface area (Å²) in [4.78, 5) is 13.1. The zero-order chi connectivity index (χ0) is 16.3. The number of nitrogens with zero attached hydrogens (tertiary/aromatic N) is 1. The Morgan fingerprint density at radius 2 is 1.87 bits per heavy atom. The van der Waals surface area contributed by atoms with E-state index < -0.39 is 0 Å². The topological polar surface area (TPSA) is 64.9 Å². The lowest BCUT2D eigenvalue weighted by Crippen LogP contribution is -2.21.